The number of nitrogens with zero attached hydrogens (tertiary/aromatic N) is 1. The molecular formula is C16H15ClN2O. The zero-order valence-corrected chi connectivity index (χ0v) is 11.9. The molecule has 3 nitrogen and oxygen atoms in total. The molecule has 0 bridgehead atoms. The Balaban J connectivity index is 2.15. The zero-order valence-electron chi connectivity index (χ0n) is 11.1. The second kappa shape index (κ2) is 6.42. The quantitative estimate of drug-likeness (QED) is 0.915. The van der Waals surface area contributed by atoms with Gasteiger partial charge in [-0.2, -0.15) is 5.26 Å². The summed E-state index contributed by atoms with van der Waals surface area (Å²) in [4.78, 5) is 0. The molecule has 0 radical (unpaired) electrons. The summed E-state index contributed by atoms with van der Waals surface area (Å²) in [5.74, 6) is 1.27. The van der Waals surface area contributed by atoms with E-state index in [1.807, 2.05) is 49.4 Å². The Morgan fingerprint density at radius 2 is 1.95 bits per heavy atom. The monoisotopic (exact) mass is 286 g/mol. The molecule has 2 N–H and O–H groups in total. The van der Waals surface area contributed by atoms with Crippen molar-refractivity contribution in [2.45, 2.75) is 19.4 Å². The van der Waals surface area contributed by atoms with Crippen molar-refractivity contribution >= 4 is 11.6 Å². The van der Waals surface area contributed by atoms with E-state index in [1.165, 1.54) is 0 Å². The van der Waals surface area contributed by atoms with Gasteiger partial charge in [0, 0.05) is 6.04 Å². The molecule has 0 aliphatic heterocycles. The summed E-state index contributed by atoms with van der Waals surface area (Å²) in [7, 11) is 0. The molecule has 0 heterocycles. The Labute approximate surface area is 123 Å². The molecule has 0 saturated heterocycles. The Bertz CT molecular complexity index is 630. The number of nitrogens with two attached hydrogens (primary N) is 1. The van der Waals surface area contributed by atoms with Crippen molar-refractivity contribution in [1.82, 2.24) is 0 Å². The van der Waals surface area contributed by atoms with E-state index in [-0.39, 0.29) is 6.04 Å². The summed E-state index contributed by atoms with van der Waals surface area (Å²) in [5, 5.41) is 9.15. The summed E-state index contributed by atoms with van der Waals surface area (Å²) in [6.45, 7) is 1.90. The van der Waals surface area contributed by atoms with Gasteiger partial charge in [0.2, 0.25) is 0 Å². The van der Waals surface area contributed by atoms with Crippen LogP contribution in [-0.4, -0.2) is 0 Å². The maximum Gasteiger partial charge on any atom is 0.146 e. The van der Waals surface area contributed by atoms with Crippen LogP contribution in [0.15, 0.2) is 42.5 Å². The van der Waals surface area contributed by atoms with Crippen molar-refractivity contribution < 1.29 is 4.74 Å². The average Bonchev–Trinajstić information content (AvgIpc) is 2.43. The second-order valence-electron chi connectivity index (χ2n) is 4.56. The normalized spacial score (nSPS) is 11.7. The first kappa shape index (κ1) is 14.4. The molecule has 4 heteroatoms. The van der Waals surface area contributed by atoms with Gasteiger partial charge >= 0.3 is 0 Å². The molecule has 2 rings (SSSR count). The number of halogens is 1. The zero-order chi connectivity index (χ0) is 14.5. The van der Waals surface area contributed by atoms with Crippen molar-refractivity contribution in [2.75, 3.05) is 0 Å². The van der Waals surface area contributed by atoms with Crippen LogP contribution in [0.1, 0.15) is 24.1 Å². The number of rotatable bonds is 4. The predicted octanol–water partition coefficient (Wildman–Crippen LogP) is 4.22. The van der Waals surface area contributed by atoms with E-state index >= 15 is 0 Å². The van der Waals surface area contributed by atoms with Gasteiger partial charge in [-0.05, 0) is 42.3 Å². The lowest BCUT2D eigenvalue weighted by Crippen LogP contribution is -2.04. The Morgan fingerprint density at radius 3 is 2.50 bits per heavy atom. The van der Waals surface area contributed by atoms with E-state index in [1.54, 1.807) is 0 Å². The first-order valence-electron chi connectivity index (χ1n) is 6.29. The summed E-state index contributed by atoms with van der Waals surface area (Å²) >= 11 is 6.18. The van der Waals surface area contributed by atoms with Crippen LogP contribution in [-0.2, 0) is 6.42 Å². The molecule has 0 aromatic heterocycles. The lowest BCUT2D eigenvalue weighted by atomic mass is 10.1. The van der Waals surface area contributed by atoms with Crippen LogP contribution in [0.4, 0.5) is 0 Å². The van der Waals surface area contributed by atoms with Gasteiger partial charge in [-0.25, -0.2) is 0 Å². The third-order valence-corrected chi connectivity index (χ3v) is 3.21. The lowest BCUT2D eigenvalue weighted by Gasteiger charge is -2.11. The molecular weight excluding hydrogens is 272 g/mol. The van der Waals surface area contributed by atoms with Gasteiger partial charge in [0.05, 0.1) is 17.5 Å². The van der Waals surface area contributed by atoms with Crippen LogP contribution in [0.2, 0.25) is 5.02 Å². The third kappa shape index (κ3) is 3.51. The van der Waals surface area contributed by atoms with Gasteiger partial charge in [-0.1, -0.05) is 29.8 Å². The molecule has 0 saturated carbocycles. The number of ether oxygens (including phenoxy) is 1. The summed E-state index contributed by atoms with van der Waals surface area (Å²) < 4.78 is 5.72. The van der Waals surface area contributed by atoms with Crippen molar-refractivity contribution in [3.05, 3.63) is 58.6 Å². The molecule has 0 aliphatic rings. The highest BCUT2D eigenvalue weighted by atomic mass is 35.5. The largest absolute Gasteiger partial charge is 0.456 e. The number of nitriles is 1. The molecule has 0 spiro atoms. The van der Waals surface area contributed by atoms with Gasteiger partial charge in [0.1, 0.15) is 11.5 Å². The van der Waals surface area contributed by atoms with Gasteiger partial charge in [0.25, 0.3) is 0 Å². The Kier molecular flexibility index (Phi) is 4.62. The van der Waals surface area contributed by atoms with Crippen molar-refractivity contribution in [1.29, 1.82) is 5.26 Å². The molecule has 0 aliphatic carbocycles. The molecule has 102 valence electrons. The smallest absolute Gasteiger partial charge is 0.146 e. The molecule has 20 heavy (non-hydrogen) atoms. The first-order valence-corrected chi connectivity index (χ1v) is 6.66. The minimum absolute atomic E-state index is 0.0631. The fourth-order valence-corrected chi connectivity index (χ4v) is 2.00. The Morgan fingerprint density at radius 1 is 1.25 bits per heavy atom. The van der Waals surface area contributed by atoms with Gasteiger partial charge < -0.3 is 10.5 Å². The van der Waals surface area contributed by atoms with E-state index in [0.29, 0.717) is 22.9 Å². The minimum atomic E-state index is -0.0631. The van der Waals surface area contributed by atoms with E-state index in [9.17, 15) is 0 Å². The summed E-state index contributed by atoms with van der Waals surface area (Å²) in [5.41, 5.74) is 7.73. The maximum atomic E-state index is 8.62. The average molecular weight is 287 g/mol. The second-order valence-corrected chi connectivity index (χ2v) is 4.97. The van der Waals surface area contributed by atoms with Crippen LogP contribution in [0.5, 0.6) is 11.5 Å². The van der Waals surface area contributed by atoms with Crippen LogP contribution < -0.4 is 10.5 Å². The van der Waals surface area contributed by atoms with Crippen LogP contribution in [0, 0.1) is 11.3 Å². The number of hydrogen-bond acceptors (Lipinski definition) is 3. The highest BCUT2D eigenvalue weighted by Crippen LogP contribution is 2.31. The van der Waals surface area contributed by atoms with Gasteiger partial charge in [-0.15, -0.1) is 0 Å². The standard InChI is InChI=1S/C16H15ClN2O/c1-11(19)13-4-7-16(15(17)10-13)20-14-5-2-12(3-6-14)8-9-18/h2-7,10-11H,8,19H2,1H3/t11-/m1/s1. The topological polar surface area (TPSA) is 59.0 Å². The van der Waals surface area contributed by atoms with Crippen LogP contribution >= 0.6 is 11.6 Å². The maximum absolute atomic E-state index is 8.62. The van der Waals surface area contributed by atoms with Crippen molar-refractivity contribution in [3.63, 3.8) is 0 Å². The van der Waals surface area contributed by atoms with Gasteiger partial charge in [0.15, 0.2) is 0 Å². The van der Waals surface area contributed by atoms with Crippen molar-refractivity contribution in [2.24, 2.45) is 5.73 Å². The molecule has 0 unspecified atom stereocenters. The van der Waals surface area contributed by atoms with Crippen molar-refractivity contribution in [3.8, 4) is 17.6 Å². The first-order chi connectivity index (χ1) is 9.60. The van der Waals surface area contributed by atoms with E-state index in [0.717, 1.165) is 11.1 Å². The number of hydrogen-bond donors (Lipinski definition) is 1. The minimum Gasteiger partial charge on any atom is -0.456 e. The highest BCUT2D eigenvalue weighted by Gasteiger charge is 2.07. The third-order valence-electron chi connectivity index (χ3n) is 2.92. The van der Waals surface area contributed by atoms with Gasteiger partial charge in [-0.3, -0.25) is 0 Å². The summed E-state index contributed by atoms with van der Waals surface area (Å²) in [6.07, 6.45) is 0.393. The molecule has 2 aromatic carbocycles. The fourth-order valence-electron chi connectivity index (χ4n) is 1.78. The van der Waals surface area contributed by atoms with Crippen LogP contribution in [0.3, 0.4) is 0 Å². The summed E-state index contributed by atoms with van der Waals surface area (Å²) in [6, 6.07) is 14.9. The molecule has 0 amide bonds. The van der Waals surface area contributed by atoms with E-state index in [4.69, 9.17) is 27.3 Å². The highest BCUT2D eigenvalue weighted by molar-refractivity contribution is 6.32. The van der Waals surface area contributed by atoms with E-state index < -0.39 is 0 Å². The van der Waals surface area contributed by atoms with E-state index in [2.05, 4.69) is 6.07 Å². The van der Waals surface area contributed by atoms with Crippen LogP contribution in [0.25, 0.3) is 0 Å². The lowest BCUT2D eigenvalue weighted by molar-refractivity contribution is 0.482. The molecule has 0 fully saturated rings. The SMILES string of the molecule is C[C@@H](N)c1ccc(Oc2ccc(CC#N)cc2)c(Cl)c1. The number of benzene rings is 2. The molecule has 1 atom stereocenters. The predicted molar refractivity (Wildman–Crippen MR) is 79.9 cm³/mol. The fraction of sp³-hybridized carbons (Fsp3) is 0.188. The Hall–Kier alpha value is -2.02. The molecule has 2 aromatic rings.